The Morgan fingerprint density at radius 3 is 2.67 bits per heavy atom. The minimum atomic E-state index is 0.0842. The molecule has 3 rings (SSSR count). The molecule has 1 amide bonds. The fraction of sp³-hybridized carbons (Fsp3) is 0.429. The van der Waals surface area contributed by atoms with Crippen LogP contribution >= 0.6 is 0 Å². The van der Waals surface area contributed by atoms with Crippen LogP contribution in [0, 0.1) is 11.5 Å². The zero-order valence-corrected chi connectivity index (χ0v) is 17.0. The van der Waals surface area contributed by atoms with E-state index in [-0.39, 0.29) is 5.91 Å². The maximum atomic E-state index is 12.3. The fourth-order valence-corrected chi connectivity index (χ4v) is 3.39. The Morgan fingerprint density at radius 1 is 1.17 bits per heavy atom. The average Bonchev–Trinajstić information content (AvgIpc) is 3.32. The number of rotatable bonds is 8. The average molecular weight is 409 g/mol. The number of piperazine rings is 1. The zero-order valence-electron chi connectivity index (χ0n) is 17.0. The highest BCUT2D eigenvalue weighted by Crippen LogP contribution is 2.09. The van der Waals surface area contributed by atoms with Crippen LogP contribution in [0.5, 0.6) is 0 Å². The van der Waals surface area contributed by atoms with Crippen molar-refractivity contribution in [1.29, 1.82) is 5.26 Å². The van der Waals surface area contributed by atoms with Gasteiger partial charge in [-0.3, -0.25) is 14.7 Å². The third-order valence-electron chi connectivity index (χ3n) is 5.04. The lowest BCUT2D eigenvalue weighted by Crippen LogP contribution is -2.48. The maximum absolute atomic E-state index is 12.3. The van der Waals surface area contributed by atoms with E-state index in [1.54, 1.807) is 18.6 Å². The molecule has 158 valence electrons. The third kappa shape index (κ3) is 6.60. The molecule has 3 heterocycles. The molecule has 3 N–H and O–H groups in total. The predicted molar refractivity (Wildman–Crippen MR) is 116 cm³/mol. The van der Waals surface area contributed by atoms with Crippen molar-refractivity contribution in [3.8, 4) is 6.19 Å². The van der Waals surface area contributed by atoms with Crippen LogP contribution in [-0.2, 0) is 0 Å². The second kappa shape index (κ2) is 11.6. The highest BCUT2D eigenvalue weighted by molar-refractivity contribution is 5.94. The molecule has 1 saturated heterocycles. The number of anilines is 1. The van der Waals surface area contributed by atoms with E-state index in [1.807, 2.05) is 35.4 Å². The van der Waals surface area contributed by atoms with E-state index in [2.05, 4.69) is 30.5 Å². The van der Waals surface area contributed by atoms with Crippen LogP contribution in [0.3, 0.4) is 0 Å². The topological polar surface area (TPSA) is 112 Å². The van der Waals surface area contributed by atoms with Crippen LogP contribution in [0.2, 0.25) is 0 Å². The van der Waals surface area contributed by atoms with Crippen molar-refractivity contribution in [3.63, 3.8) is 0 Å². The number of unbranched alkanes of at least 4 members (excludes halogenated alkanes) is 2. The van der Waals surface area contributed by atoms with Crippen molar-refractivity contribution < 1.29 is 4.79 Å². The van der Waals surface area contributed by atoms with Crippen molar-refractivity contribution in [3.05, 3.63) is 48.5 Å². The quantitative estimate of drug-likeness (QED) is 0.266. The van der Waals surface area contributed by atoms with Gasteiger partial charge >= 0.3 is 0 Å². The molecule has 1 aliphatic rings. The molecule has 0 radical (unpaired) electrons. The number of H-pyrrole nitrogens is 1. The van der Waals surface area contributed by atoms with E-state index in [0.29, 0.717) is 11.7 Å². The molecule has 30 heavy (non-hydrogen) atoms. The number of hydrogen-bond acceptors (Lipinski definition) is 5. The van der Waals surface area contributed by atoms with Gasteiger partial charge in [0, 0.05) is 57.0 Å². The van der Waals surface area contributed by atoms with E-state index >= 15 is 0 Å². The minimum absolute atomic E-state index is 0.0842. The number of aromatic nitrogens is 2. The highest BCUT2D eigenvalue weighted by Gasteiger charge is 2.22. The minimum Gasteiger partial charge on any atom is -0.357 e. The van der Waals surface area contributed by atoms with Crippen molar-refractivity contribution in [2.24, 2.45) is 4.99 Å². The van der Waals surface area contributed by atoms with E-state index in [1.165, 1.54) is 0 Å². The highest BCUT2D eigenvalue weighted by atomic mass is 16.2. The molecule has 0 unspecified atom stereocenters. The number of nitrogens with one attached hydrogen (secondary N) is 3. The van der Waals surface area contributed by atoms with Crippen LogP contribution in [-0.4, -0.2) is 70.9 Å². The van der Waals surface area contributed by atoms with Gasteiger partial charge in [0.05, 0.1) is 0 Å². The molecule has 1 aliphatic heterocycles. The predicted octanol–water partition coefficient (Wildman–Crippen LogP) is 1.88. The number of guanidine groups is 1. The summed E-state index contributed by atoms with van der Waals surface area (Å²) in [5.41, 5.74) is 1.49. The van der Waals surface area contributed by atoms with Crippen LogP contribution in [0.15, 0.2) is 47.8 Å². The Morgan fingerprint density at radius 2 is 1.97 bits per heavy atom. The first-order valence-corrected chi connectivity index (χ1v) is 10.3. The number of hydrogen-bond donors (Lipinski definition) is 3. The van der Waals surface area contributed by atoms with Crippen LogP contribution in [0.1, 0.15) is 29.8 Å². The number of pyridine rings is 1. The third-order valence-corrected chi connectivity index (χ3v) is 5.04. The molecule has 0 atom stereocenters. The van der Waals surface area contributed by atoms with Crippen LogP contribution < -0.4 is 10.6 Å². The lowest BCUT2D eigenvalue weighted by atomic mass is 10.2. The summed E-state index contributed by atoms with van der Waals surface area (Å²) in [7, 11) is 0. The number of aromatic amines is 1. The summed E-state index contributed by atoms with van der Waals surface area (Å²) >= 11 is 0. The maximum Gasteiger partial charge on any atom is 0.270 e. The second-order valence-corrected chi connectivity index (χ2v) is 7.13. The van der Waals surface area contributed by atoms with Gasteiger partial charge in [-0.05, 0) is 43.7 Å². The number of carbonyl (C=O) groups is 1. The van der Waals surface area contributed by atoms with Gasteiger partial charge in [0.1, 0.15) is 5.69 Å². The van der Waals surface area contributed by atoms with Gasteiger partial charge in [-0.25, -0.2) is 0 Å². The number of nitrogens with zero attached hydrogens (tertiary/aromatic N) is 5. The van der Waals surface area contributed by atoms with Gasteiger partial charge in [-0.2, -0.15) is 5.26 Å². The summed E-state index contributed by atoms with van der Waals surface area (Å²) in [5.74, 6) is 0.535. The van der Waals surface area contributed by atoms with Crippen molar-refractivity contribution in [2.45, 2.75) is 19.3 Å². The number of nitriles is 1. The summed E-state index contributed by atoms with van der Waals surface area (Å²) in [6.45, 7) is 5.16. The van der Waals surface area contributed by atoms with Crippen LogP contribution in [0.4, 0.5) is 5.69 Å². The SMILES string of the molecule is N#CN=C(NCCCCCN1CCN(C(=O)c2ccc[nH]2)CC1)Nc1ccncc1. The Kier molecular flexibility index (Phi) is 8.23. The molecule has 0 spiro atoms. The molecule has 9 heteroatoms. The molecule has 0 aromatic carbocycles. The molecule has 0 saturated carbocycles. The first-order chi connectivity index (χ1) is 14.8. The largest absolute Gasteiger partial charge is 0.357 e. The Labute approximate surface area is 176 Å². The lowest BCUT2D eigenvalue weighted by Gasteiger charge is -2.34. The van der Waals surface area contributed by atoms with E-state index in [4.69, 9.17) is 5.26 Å². The standard InChI is InChI=1S/C21H28N8O/c22-17-26-21(27-18-6-10-23-11-7-18)25-8-2-1-3-12-28-13-15-29(16-14-28)20(30)19-5-4-9-24-19/h4-7,9-11,24H,1-3,8,12-16H2,(H2,23,25,26,27). The van der Waals surface area contributed by atoms with Gasteiger partial charge in [-0.15, -0.1) is 4.99 Å². The summed E-state index contributed by atoms with van der Waals surface area (Å²) in [6, 6.07) is 7.31. The van der Waals surface area contributed by atoms with Crippen molar-refractivity contribution in [1.82, 2.24) is 25.1 Å². The fourth-order valence-electron chi connectivity index (χ4n) is 3.39. The van der Waals surface area contributed by atoms with Crippen molar-refractivity contribution >= 4 is 17.6 Å². The number of aliphatic imine (C=N–C) groups is 1. The molecular weight excluding hydrogens is 380 g/mol. The molecule has 0 aliphatic carbocycles. The Hall–Kier alpha value is -3.38. The summed E-state index contributed by atoms with van der Waals surface area (Å²) in [4.78, 5) is 27.4. The Bertz CT molecular complexity index is 836. The first-order valence-electron chi connectivity index (χ1n) is 10.3. The lowest BCUT2D eigenvalue weighted by molar-refractivity contribution is 0.0630. The molecule has 2 aromatic rings. The molecule has 2 aromatic heterocycles. The van der Waals surface area contributed by atoms with Gasteiger partial charge in [-0.1, -0.05) is 6.42 Å². The molecule has 9 nitrogen and oxygen atoms in total. The second-order valence-electron chi connectivity index (χ2n) is 7.13. The summed E-state index contributed by atoms with van der Waals surface area (Å²) in [6.07, 6.45) is 10.1. The molecule has 1 fully saturated rings. The van der Waals surface area contributed by atoms with E-state index < -0.39 is 0 Å². The van der Waals surface area contributed by atoms with E-state index in [0.717, 1.165) is 64.2 Å². The number of carbonyl (C=O) groups excluding carboxylic acids is 1. The molecule has 0 bridgehead atoms. The van der Waals surface area contributed by atoms with Gasteiger partial charge in [0.15, 0.2) is 0 Å². The first kappa shape index (κ1) is 21.3. The zero-order chi connectivity index (χ0) is 21.0. The van der Waals surface area contributed by atoms with Gasteiger partial charge in [0.2, 0.25) is 12.2 Å². The van der Waals surface area contributed by atoms with Gasteiger partial charge < -0.3 is 20.5 Å². The smallest absolute Gasteiger partial charge is 0.270 e. The van der Waals surface area contributed by atoms with Crippen molar-refractivity contribution in [2.75, 3.05) is 44.6 Å². The van der Waals surface area contributed by atoms with Gasteiger partial charge in [0.25, 0.3) is 5.91 Å². The summed E-state index contributed by atoms with van der Waals surface area (Å²) < 4.78 is 0. The van der Waals surface area contributed by atoms with E-state index in [9.17, 15) is 4.79 Å². The Balaban J connectivity index is 1.27. The normalized spacial score (nSPS) is 14.9. The van der Waals surface area contributed by atoms with Crippen LogP contribution in [0.25, 0.3) is 0 Å². The summed E-state index contributed by atoms with van der Waals surface area (Å²) in [5, 5.41) is 15.1. The molecular formula is C21H28N8O. The monoisotopic (exact) mass is 408 g/mol. The number of amides is 1.